The Morgan fingerprint density at radius 1 is 1.04 bits per heavy atom. The lowest BCUT2D eigenvalue weighted by atomic mass is 10.2. The molecule has 138 valence electrons. The van der Waals surface area contributed by atoms with Crippen molar-refractivity contribution < 1.29 is 4.43 Å². The minimum atomic E-state index is -1.92. The fourth-order valence-corrected chi connectivity index (χ4v) is 4.37. The number of halogens is 1. The summed E-state index contributed by atoms with van der Waals surface area (Å²) in [5.41, 5.74) is 3.73. The summed E-state index contributed by atoms with van der Waals surface area (Å²) in [6.07, 6.45) is 0. The molecule has 0 fully saturated rings. The van der Waals surface area contributed by atoms with Gasteiger partial charge >= 0.3 is 0 Å². The predicted molar refractivity (Wildman–Crippen MR) is 118 cm³/mol. The monoisotopic (exact) mass is 429 g/mol. The highest BCUT2D eigenvalue weighted by Crippen LogP contribution is 2.42. The van der Waals surface area contributed by atoms with Crippen LogP contribution >= 0.6 is 15.9 Å². The van der Waals surface area contributed by atoms with E-state index in [-0.39, 0.29) is 5.04 Å². The van der Waals surface area contributed by atoms with Crippen molar-refractivity contribution in [3.63, 3.8) is 0 Å². The van der Waals surface area contributed by atoms with Crippen molar-refractivity contribution in [2.45, 2.75) is 52.4 Å². The van der Waals surface area contributed by atoms with Gasteiger partial charge in [-0.15, -0.1) is 0 Å². The number of rotatable bonds is 4. The summed E-state index contributed by atoms with van der Waals surface area (Å²) in [5.74, 6) is 1.05. The van der Waals surface area contributed by atoms with Crippen molar-refractivity contribution in [1.29, 1.82) is 0 Å². The zero-order valence-electron chi connectivity index (χ0n) is 16.6. The Hall–Kier alpha value is -1.52. The molecule has 4 heteroatoms. The minimum absolute atomic E-state index is 0.166. The van der Waals surface area contributed by atoms with Gasteiger partial charge in [0.2, 0.25) is 0 Å². The standard InChI is InChI=1S/C22H28BrNOSi/c1-16-21(25-26(5,6)22(2,3)4)19-14-18(23)12-13-20(19)24(16)15-17-10-8-7-9-11-17/h7-14H,15H2,1-6H3. The first kappa shape index (κ1) is 19.2. The molecule has 0 aliphatic carbocycles. The van der Waals surface area contributed by atoms with Crippen LogP contribution in [0.2, 0.25) is 18.1 Å². The van der Waals surface area contributed by atoms with Crippen LogP contribution in [-0.4, -0.2) is 12.9 Å². The Morgan fingerprint density at radius 2 is 1.69 bits per heavy atom. The van der Waals surface area contributed by atoms with Gasteiger partial charge in [-0.25, -0.2) is 0 Å². The topological polar surface area (TPSA) is 14.2 Å². The Morgan fingerprint density at radius 3 is 2.31 bits per heavy atom. The lowest BCUT2D eigenvalue weighted by Crippen LogP contribution is -2.44. The van der Waals surface area contributed by atoms with Crippen molar-refractivity contribution in [3.05, 3.63) is 64.3 Å². The Kier molecular flexibility index (Phi) is 5.10. The second kappa shape index (κ2) is 6.89. The molecular formula is C22H28BrNOSi. The van der Waals surface area contributed by atoms with E-state index in [1.54, 1.807) is 0 Å². The fourth-order valence-electron chi connectivity index (χ4n) is 2.93. The maximum atomic E-state index is 6.78. The van der Waals surface area contributed by atoms with Gasteiger partial charge in [0.05, 0.1) is 11.2 Å². The van der Waals surface area contributed by atoms with Gasteiger partial charge in [-0.3, -0.25) is 0 Å². The van der Waals surface area contributed by atoms with E-state index in [2.05, 4.69) is 110 Å². The molecule has 26 heavy (non-hydrogen) atoms. The molecule has 0 N–H and O–H groups in total. The zero-order valence-corrected chi connectivity index (χ0v) is 19.1. The van der Waals surface area contributed by atoms with Crippen molar-refractivity contribution in [1.82, 2.24) is 4.57 Å². The summed E-state index contributed by atoms with van der Waals surface area (Å²) >= 11 is 3.63. The summed E-state index contributed by atoms with van der Waals surface area (Å²) in [5, 5.41) is 1.36. The van der Waals surface area contributed by atoms with Crippen LogP contribution in [0.15, 0.2) is 53.0 Å². The Labute approximate surface area is 166 Å². The Bertz CT molecular complexity index is 923. The van der Waals surface area contributed by atoms with Crippen molar-refractivity contribution in [2.75, 3.05) is 0 Å². The third-order valence-corrected chi connectivity index (χ3v) is 10.4. The molecule has 1 aromatic heterocycles. The van der Waals surface area contributed by atoms with Gasteiger partial charge in [0.15, 0.2) is 0 Å². The molecule has 0 aliphatic heterocycles. The normalized spacial score (nSPS) is 12.6. The van der Waals surface area contributed by atoms with Gasteiger partial charge in [-0.2, -0.15) is 0 Å². The molecule has 2 nitrogen and oxygen atoms in total. The van der Waals surface area contributed by atoms with Gasteiger partial charge in [-0.05, 0) is 48.8 Å². The first-order chi connectivity index (χ1) is 12.1. The maximum Gasteiger partial charge on any atom is 0.250 e. The van der Waals surface area contributed by atoms with E-state index in [0.717, 1.165) is 16.8 Å². The molecule has 0 atom stereocenters. The first-order valence-corrected chi connectivity index (χ1v) is 12.8. The highest BCUT2D eigenvalue weighted by Gasteiger charge is 2.40. The van der Waals surface area contributed by atoms with Crippen LogP contribution < -0.4 is 4.43 Å². The van der Waals surface area contributed by atoms with Gasteiger partial charge in [0.1, 0.15) is 5.75 Å². The SMILES string of the molecule is Cc1c(O[Si](C)(C)C(C)(C)C)c2cc(Br)ccc2n1Cc1ccccc1. The molecule has 1 heterocycles. The fraction of sp³-hybridized carbons (Fsp3) is 0.364. The molecule has 3 aromatic rings. The van der Waals surface area contributed by atoms with E-state index >= 15 is 0 Å². The summed E-state index contributed by atoms with van der Waals surface area (Å²) in [4.78, 5) is 0. The third-order valence-electron chi connectivity index (χ3n) is 5.57. The van der Waals surface area contributed by atoms with Gasteiger partial charge in [0, 0.05) is 16.4 Å². The van der Waals surface area contributed by atoms with Gasteiger partial charge in [-0.1, -0.05) is 67.0 Å². The van der Waals surface area contributed by atoms with Crippen LogP contribution in [0.5, 0.6) is 5.75 Å². The van der Waals surface area contributed by atoms with Crippen LogP contribution in [0.25, 0.3) is 10.9 Å². The smallest absolute Gasteiger partial charge is 0.250 e. The lowest BCUT2D eigenvalue weighted by molar-refractivity contribution is 0.490. The number of nitrogens with zero attached hydrogens (tertiary/aromatic N) is 1. The average molecular weight is 430 g/mol. The molecule has 0 spiro atoms. The summed E-state index contributed by atoms with van der Waals surface area (Å²) in [7, 11) is -1.92. The van der Waals surface area contributed by atoms with E-state index in [1.165, 1.54) is 22.2 Å². The lowest BCUT2D eigenvalue weighted by Gasteiger charge is -2.36. The van der Waals surface area contributed by atoms with Crippen LogP contribution in [0.3, 0.4) is 0 Å². The second-order valence-corrected chi connectivity index (χ2v) is 14.2. The summed E-state index contributed by atoms with van der Waals surface area (Å²) < 4.78 is 10.2. The quantitative estimate of drug-likeness (QED) is 0.401. The van der Waals surface area contributed by atoms with Crippen molar-refractivity contribution in [2.24, 2.45) is 0 Å². The van der Waals surface area contributed by atoms with Crippen LogP contribution in [0, 0.1) is 6.92 Å². The molecule has 0 radical (unpaired) electrons. The van der Waals surface area contributed by atoms with E-state index in [1.807, 2.05) is 0 Å². The van der Waals surface area contributed by atoms with Crippen LogP contribution in [-0.2, 0) is 6.54 Å². The van der Waals surface area contributed by atoms with E-state index in [9.17, 15) is 0 Å². The third kappa shape index (κ3) is 3.63. The minimum Gasteiger partial charge on any atom is -0.542 e. The second-order valence-electron chi connectivity index (χ2n) is 8.51. The highest BCUT2D eigenvalue weighted by molar-refractivity contribution is 9.10. The van der Waals surface area contributed by atoms with E-state index < -0.39 is 8.32 Å². The number of hydrogen-bond acceptors (Lipinski definition) is 1. The maximum absolute atomic E-state index is 6.78. The molecule has 0 bridgehead atoms. The van der Waals surface area contributed by atoms with Crippen LogP contribution in [0.1, 0.15) is 32.0 Å². The molecule has 3 rings (SSSR count). The molecule has 0 saturated heterocycles. The first-order valence-electron chi connectivity index (χ1n) is 9.11. The van der Waals surface area contributed by atoms with Crippen molar-refractivity contribution >= 4 is 35.2 Å². The largest absolute Gasteiger partial charge is 0.542 e. The Balaban J connectivity index is 2.14. The summed E-state index contributed by atoms with van der Waals surface area (Å²) in [6, 6.07) is 17.1. The number of aromatic nitrogens is 1. The van der Waals surface area contributed by atoms with Gasteiger partial charge < -0.3 is 8.99 Å². The number of fused-ring (bicyclic) bond motifs is 1. The molecule has 0 saturated carbocycles. The number of hydrogen-bond donors (Lipinski definition) is 0. The molecule has 2 aromatic carbocycles. The average Bonchev–Trinajstić information content (AvgIpc) is 2.80. The molecular weight excluding hydrogens is 402 g/mol. The zero-order chi connectivity index (χ0) is 19.1. The predicted octanol–water partition coefficient (Wildman–Crippen LogP) is 7.14. The van der Waals surface area contributed by atoms with Crippen molar-refractivity contribution in [3.8, 4) is 5.75 Å². The highest BCUT2D eigenvalue weighted by atomic mass is 79.9. The molecule has 0 aliphatic rings. The van der Waals surface area contributed by atoms with Crippen LogP contribution in [0.4, 0.5) is 0 Å². The molecule has 0 unspecified atom stereocenters. The summed E-state index contributed by atoms with van der Waals surface area (Å²) in [6.45, 7) is 14.5. The molecule has 0 amide bonds. The van der Waals surface area contributed by atoms with E-state index in [4.69, 9.17) is 4.43 Å². The number of benzene rings is 2. The van der Waals surface area contributed by atoms with E-state index in [0.29, 0.717) is 0 Å². The van der Waals surface area contributed by atoms with Gasteiger partial charge in [0.25, 0.3) is 8.32 Å².